The zero-order valence-electron chi connectivity index (χ0n) is 21.7. The smallest absolute Gasteiger partial charge is 0.245 e. The molecule has 0 spiro atoms. The third-order valence-electron chi connectivity index (χ3n) is 6.24. The average Bonchev–Trinajstić information content (AvgIpc) is 3.32. The van der Waals surface area contributed by atoms with Gasteiger partial charge in [0.05, 0.1) is 34.3 Å². The predicted octanol–water partition coefficient (Wildman–Crippen LogP) is 5.55. The summed E-state index contributed by atoms with van der Waals surface area (Å²) < 4.78 is 23.3. The topological polar surface area (TPSA) is 98.1 Å². The number of carbonyl (C=O) groups is 1. The molecular weight excluding hydrogens is 497 g/mol. The number of imidazole rings is 1. The lowest BCUT2D eigenvalue weighted by Crippen LogP contribution is -2.24. The van der Waals surface area contributed by atoms with Crippen LogP contribution in [0.15, 0.2) is 73.9 Å². The molecule has 0 atom stereocenters. The number of aromatic nitrogens is 5. The van der Waals surface area contributed by atoms with Crippen molar-refractivity contribution in [2.75, 3.05) is 18.9 Å². The summed E-state index contributed by atoms with van der Waals surface area (Å²) in [5.41, 5.74) is 4.07. The molecule has 0 unspecified atom stereocenters. The third kappa shape index (κ3) is 5.30. The predicted molar refractivity (Wildman–Crippen MR) is 149 cm³/mol. The van der Waals surface area contributed by atoms with Crippen molar-refractivity contribution in [3.63, 3.8) is 0 Å². The molecule has 9 nitrogen and oxygen atoms in total. The molecule has 0 bridgehead atoms. The minimum Gasteiger partial charge on any atom is -0.457 e. The number of nitrogens with one attached hydrogen (secondary N) is 1. The Kier molecular flexibility index (Phi) is 7.00. The first-order valence-electron chi connectivity index (χ1n) is 12.1. The number of rotatable bonds is 8. The second kappa shape index (κ2) is 10.7. The molecule has 10 heteroatoms. The van der Waals surface area contributed by atoms with Gasteiger partial charge in [0.15, 0.2) is 11.6 Å². The van der Waals surface area contributed by atoms with Gasteiger partial charge in [-0.1, -0.05) is 12.7 Å². The normalized spacial score (nSPS) is 11.3. The number of hydrogen-bond donors (Lipinski definition) is 1. The van der Waals surface area contributed by atoms with Crippen molar-refractivity contribution in [3.05, 3.63) is 90.9 Å². The number of carbonyl (C=O) groups excluding carboxylic acids is 1. The number of amides is 1. The summed E-state index contributed by atoms with van der Waals surface area (Å²) >= 11 is 0. The number of ether oxygens (including phenoxy) is 1. The van der Waals surface area contributed by atoms with E-state index in [9.17, 15) is 4.79 Å². The maximum absolute atomic E-state index is 15.5. The Morgan fingerprint density at radius 3 is 2.82 bits per heavy atom. The molecule has 39 heavy (non-hydrogen) atoms. The maximum atomic E-state index is 15.5. The number of fused-ring (bicyclic) bond motifs is 2. The van der Waals surface area contributed by atoms with E-state index in [2.05, 4.69) is 31.8 Å². The van der Waals surface area contributed by atoms with Gasteiger partial charge in [0.1, 0.15) is 23.3 Å². The van der Waals surface area contributed by atoms with Gasteiger partial charge in [-0.25, -0.2) is 24.3 Å². The van der Waals surface area contributed by atoms with Crippen molar-refractivity contribution in [3.8, 4) is 11.5 Å². The number of benzene rings is 2. The summed E-state index contributed by atoms with van der Waals surface area (Å²) in [6.07, 6.45) is 8.00. The third-order valence-corrected chi connectivity index (χ3v) is 6.24. The molecule has 0 aliphatic heterocycles. The van der Waals surface area contributed by atoms with E-state index in [0.29, 0.717) is 46.2 Å². The van der Waals surface area contributed by atoms with Crippen LogP contribution in [-0.2, 0) is 11.8 Å². The highest BCUT2D eigenvalue weighted by atomic mass is 19.1. The van der Waals surface area contributed by atoms with Gasteiger partial charge in [-0.2, -0.15) is 0 Å². The molecule has 0 saturated heterocycles. The first kappa shape index (κ1) is 25.5. The van der Waals surface area contributed by atoms with Gasteiger partial charge >= 0.3 is 0 Å². The van der Waals surface area contributed by atoms with Crippen LogP contribution in [0.25, 0.3) is 28.1 Å². The molecular formula is C29H26FN7O2. The van der Waals surface area contributed by atoms with E-state index >= 15 is 4.39 Å². The Labute approximate surface area is 224 Å². The summed E-state index contributed by atoms with van der Waals surface area (Å²) in [5, 5.41) is 3.05. The van der Waals surface area contributed by atoms with E-state index in [-0.39, 0.29) is 11.6 Å². The summed E-state index contributed by atoms with van der Waals surface area (Å²) in [6, 6.07) is 12.5. The molecule has 5 aromatic rings. The van der Waals surface area contributed by atoms with Crippen LogP contribution in [0.4, 0.5) is 15.9 Å². The Balaban J connectivity index is 1.38. The highest BCUT2D eigenvalue weighted by Gasteiger charge is 2.15. The zero-order chi connectivity index (χ0) is 27.5. The van der Waals surface area contributed by atoms with Gasteiger partial charge in [-0.05, 0) is 55.5 Å². The lowest BCUT2D eigenvalue weighted by atomic mass is 10.1. The summed E-state index contributed by atoms with van der Waals surface area (Å²) in [4.78, 5) is 30.7. The Morgan fingerprint density at radius 2 is 2.00 bits per heavy atom. The van der Waals surface area contributed by atoms with E-state index in [1.165, 1.54) is 17.3 Å². The molecule has 0 saturated carbocycles. The van der Waals surface area contributed by atoms with Crippen LogP contribution in [-0.4, -0.2) is 48.9 Å². The molecule has 1 N–H and O–H groups in total. The average molecular weight is 524 g/mol. The number of aryl methyl sites for hydroxylation is 1. The second-order valence-corrected chi connectivity index (χ2v) is 8.93. The fraction of sp³-hybridized carbons (Fsp3) is 0.138. The van der Waals surface area contributed by atoms with Crippen molar-refractivity contribution in [1.29, 1.82) is 0 Å². The zero-order valence-corrected chi connectivity index (χ0v) is 21.7. The quantitative estimate of drug-likeness (QED) is 0.266. The van der Waals surface area contributed by atoms with Gasteiger partial charge in [0, 0.05) is 32.3 Å². The number of hydrogen-bond acceptors (Lipinski definition) is 7. The minimum atomic E-state index is -0.468. The van der Waals surface area contributed by atoms with E-state index in [0.717, 1.165) is 11.0 Å². The van der Waals surface area contributed by atoms with Crippen LogP contribution >= 0.6 is 0 Å². The van der Waals surface area contributed by atoms with Gasteiger partial charge in [-0.15, -0.1) is 0 Å². The molecule has 1 amide bonds. The van der Waals surface area contributed by atoms with E-state index < -0.39 is 5.82 Å². The lowest BCUT2D eigenvalue weighted by molar-refractivity contribution is -0.124. The first-order chi connectivity index (χ1) is 18.8. The summed E-state index contributed by atoms with van der Waals surface area (Å²) in [5.74, 6) is 0.683. The van der Waals surface area contributed by atoms with Crippen molar-refractivity contribution in [2.24, 2.45) is 7.05 Å². The second-order valence-electron chi connectivity index (χ2n) is 8.93. The molecule has 0 fully saturated rings. The number of nitrogens with zero attached hydrogens (tertiary/aromatic N) is 6. The highest BCUT2D eigenvalue weighted by Crippen LogP contribution is 2.33. The minimum absolute atomic E-state index is 0.172. The molecule has 0 radical (unpaired) electrons. The summed E-state index contributed by atoms with van der Waals surface area (Å²) in [6.45, 7) is 5.54. The lowest BCUT2D eigenvalue weighted by Gasteiger charge is -2.14. The fourth-order valence-electron chi connectivity index (χ4n) is 4.03. The molecule has 5 rings (SSSR count). The number of likely N-dealkylation sites (N-methyl/N-ethyl adjacent to an activating group) is 1. The first-order valence-corrected chi connectivity index (χ1v) is 12.1. The molecule has 2 aromatic carbocycles. The SMILES string of the molecule is C=CC(=O)N(C)CC=Cc1ccc2ncnc(Nc3ccc(Oc4ccc5c(c4)ncn5C)c(C)c3F)c2n1. The van der Waals surface area contributed by atoms with Crippen LogP contribution in [0.5, 0.6) is 11.5 Å². The standard InChI is InChI=1S/C29H26FN7O2/c1-5-26(38)36(3)14-6-7-19-8-10-22-28(34-19)29(32-16-31-22)35-21-11-13-25(18(2)27(21)30)39-20-9-12-24-23(15-20)33-17-37(24)4/h5-13,15-17H,1,14H2,2-4H3,(H,31,32,35). The van der Waals surface area contributed by atoms with Crippen LogP contribution in [0.1, 0.15) is 11.3 Å². The van der Waals surface area contributed by atoms with Gasteiger partial charge < -0.3 is 19.5 Å². The van der Waals surface area contributed by atoms with Crippen molar-refractivity contribution >= 4 is 45.6 Å². The van der Waals surface area contributed by atoms with Crippen molar-refractivity contribution < 1.29 is 13.9 Å². The van der Waals surface area contributed by atoms with E-state index in [4.69, 9.17) is 4.74 Å². The van der Waals surface area contributed by atoms with E-state index in [1.807, 2.05) is 48.0 Å². The summed E-state index contributed by atoms with van der Waals surface area (Å²) in [7, 11) is 3.60. The molecule has 0 aliphatic carbocycles. The van der Waals surface area contributed by atoms with Crippen molar-refractivity contribution in [1.82, 2.24) is 29.4 Å². The van der Waals surface area contributed by atoms with Crippen molar-refractivity contribution in [2.45, 2.75) is 6.92 Å². The van der Waals surface area contributed by atoms with Crippen LogP contribution in [0.3, 0.4) is 0 Å². The monoisotopic (exact) mass is 523 g/mol. The van der Waals surface area contributed by atoms with E-state index in [1.54, 1.807) is 38.5 Å². The van der Waals surface area contributed by atoms with Crippen LogP contribution in [0.2, 0.25) is 0 Å². The Hall–Kier alpha value is -5.12. The van der Waals surface area contributed by atoms with Gasteiger partial charge in [0.25, 0.3) is 0 Å². The number of anilines is 2. The highest BCUT2D eigenvalue weighted by molar-refractivity contribution is 5.88. The van der Waals surface area contributed by atoms with Gasteiger partial charge in [0.2, 0.25) is 5.91 Å². The van der Waals surface area contributed by atoms with Crippen LogP contribution in [0, 0.1) is 12.7 Å². The maximum Gasteiger partial charge on any atom is 0.245 e. The number of halogens is 1. The molecule has 196 valence electrons. The Bertz CT molecular complexity index is 1750. The molecule has 3 aromatic heterocycles. The Morgan fingerprint density at radius 1 is 1.15 bits per heavy atom. The number of pyridine rings is 1. The van der Waals surface area contributed by atoms with Gasteiger partial charge in [-0.3, -0.25) is 4.79 Å². The fourth-order valence-corrected chi connectivity index (χ4v) is 4.03. The molecule has 0 aliphatic rings. The largest absolute Gasteiger partial charge is 0.457 e. The van der Waals surface area contributed by atoms with Crippen LogP contribution < -0.4 is 10.1 Å². The molecule has 3 heterocycles.